The number of imidazole rings is 1. The fraction of sp³-hybridized carbons (Fsp3) is 0.282. The molecule has 340 valence electrons. The number of nitrogens with two attached hydrogens (primary N) is 1. The maximum absolute atomic E-state index is 16.7. The molecule has 2 unspecified atom stereocenters. The third kappa shape index (κ3) is 9.27. The van der Waals surface area contributed by atoms with Gasteiger partial charge in [-0.1, -0.05) is 42.5 Å². The van der Waals surface area contributed by atoms with Crippen molar-refractivity contribution >= 4 is 49.0 Å². The van der Waals surface area contributed by atoms with Gasteiger partial charge in [0.15, 0.2) is 36.3 Å². The molecule has 0 saturated carbocycles. The van der Waals surface area contributed by atoms with Crippen molar-refractivity contribution in [2.45, 2.75) is 55.0 Å². The van der Waals surface area contributed by atoms with Crippen molar-refractivity contribution in [3.63, 3.8) is 0 Å². The summed E-state index contributed by atoms with van der Waals surface area (Å²) in [7, 11) is -5.32. The highest BCUT2D eigenvalue weighted by Gasteiger charge is 2.55. The summed E-state index contributed by atoms with van der Waals surface area (Å²) in [6, 6.07) is 19.5. The van der Waals surface area contributed by atoms with E-state index >= 15 is 13.3 Å². The summed E-state index contributed by atoms with van der Waals surface area (Å²) < 4.78 is 103. The number of ether oxygens (including phenoxy) is 3. The number of aromatic hydroxyl groups is 1. The number of hydrogen-bond donors (Lipinski definition) is 4. The average molecular weight is 958 g/mol. The molecular weight excluding hydrogens is 922 g/mol. The molecule has 3 saturated heterocycles. The maximum Gasteiger partial charge on any atom is 0.472 e. The highest BCUT2D eigenvalue weighted by atomic mass is 32.7. The summed E-state index contributed by atoms with van der Waals surface area (Å²) >= 11 is 0.548. The van der Waals surface area contributed by atoms with Crippen molar-refractivity contribution in [2.75, 3.05) is 18.9 Å². The molecule has 3 aliphatic heterocycles. The Morgan fingerprint density at radius 1 is 0.877 bits per heavy atom. The molecule has 2 bridgehead atoms. The monoisotopic (exact) mass is 957 g/mol. The van der Waals surface area contributed by atoms with E-state index in [1.807, 2.05) is 0 Å². The number of carbonyl (C=O) groups is 1. The highest BCUT2D eigenvalue weighted by Crippen LogP contribution is 2.65. The van der Waals surface area contributed by atoms with Crippen LogP contribution in [0.1, 0.15) is 28.4 Å². The molecule has 9 rings (SSSR count). The Morgan fingerprint density at radius 3 is 2.35 bits per heavy atom. The Morgan fingerprint density at radius 2 is 1.60 bits per heavy atom. The van der Waals surface area contributed by atoms with Crippen LogP contribution in [0.3, 0.4) is 0 Å². The topological polar surface area (TPSA) is 281 Å². The van der Waals surface area contributed by atoms with Gasteiger partial charge in [0, 0.05) is 11.9 Å². The molecule has 65 heavy (non-hydrogen) atoms. The number of fused-ring (bicyclic) bond motifs is 4. The van der Waals surface area contributed by atoms with Crippen LogP contribution in [0.5, 0.6) is 11.5 Å². The van der Waals surface area contributed by atoms with Crippen molar-refractivity contribution in [3.05, 3.63) is 130 Å². The number of anilines is 1. The Bertz CT molecular complexity index is 2950. The van der Waals surface area contributed by atoms with Crippen LogP contribution >= 0.6 is 26.0 Å². The number of phosphoric acid groups is 1. The number of rotatable bonds is 8. The SMILES string of the molecule is Nc1ncnc2c1ncn2[C@@H]1O[C@@H]2COP(=O)(SCc3ccc(OC(=O)c4ccc(O)cc4)cc3)O[C@@H]3[C@H](F)[C@@H](COP(=O)(O)O[C@H]2[C@H]1F)O[C@H]3n1cc(-c2ccccc2)c(=O)[nH]c1=O. The van der Waals surface area contributed by atoms with Crippen LogP contribution in [0.2, 0.25) is 0 Å². The summed E-state index contributed by atoms with van der Waals surface area (Å²) in [4.78, 5) is 64.2. The van der Waals surface area contributed by atoms with Crippen molar-refractivity contribution in [1.82, 2.24) is 29.1 Å². The van der Waals surface area contributed by atoms with Crippen LogP contribution in [-0.4, -0.2) is 95.0 Å². The number of phosphoric ester groups is 1. The predicted molar refractivity (Wildman–Crippen MR) is 224 cm³/mol. The Kier molecular flexibility index (Phi) is 12.3. The van der Waals surface area contributed by atoms with Gasteiger partial charge in [-0.15, -0.1) is 0 Å². The Labute approximate surface area is 368 Å². The second-order valence-electron chi connectivity index (χ2n) is 14.7. The standard InChI is InChI=1S/C39H35F2N7O14P2S/c40-28-26-15-56-63(53,54)61-31-27(60-36(29(31)41)48-19-45-30-33(42)43-18-44-34(30)48)16-57-64(55,65-17-20-6-12-24(13-7-20)58-38(51)22-8-10-23(49)11-9-22)62-32(28)37(59-26)47-14-25(35(50)46-39(47)52)21-4-2-1-3-5-21/h1-14,18-19,26-29,31-32,36-37,49H,15-17H2,(H,53,54)(H2,42,43,44)(H,46,50,52)/t26-,27-,28-,29-,31-,32-,36-,37-,64?/m1/s1. The first kappa shape index (κ1) is 44.5. The third-order valence-electron chi connectivity index (χ3n) is 10.5. The molecule has 0 amide bonds. The van der Waals surface area contributed by atoms with Crippen LogP contribution in [0.25, 0.3) is 22.3 Å². The minimum absolute atomic E-state index is 0.0286. The van der Waals surface area contributed by atoms with E-state index in [1.165, 1.54) is 48.5 Å². The summed E-state index contributed by atoms with van der Waals surface area (Å²) in [6.07, 6.45) is -12.1. The van der Waals surface area contributed by atoms with Crippen LogP contribution in [0.4, 0.5) is 14.6 Å². The maximum atomic E-state index is 16.7. The van der Waals surface area contributed by atoms with Crippen molar-refractivity contribution in [2.24, 2.45) is 0 Å². The van der Waals surface area contributed by atoms with E-state index in [4.69, 9.17) is 38.0 Å². The molecule has 6 heterocycles. The molecule has 0 aliphatic carbocycles. The summed E-state index contributed by atoms with van der Waals surface area (Å²) in [5, 5.41) is 9.54. The third-order valence-corrected chi connectivity index (χ3v) is 15.1. The highest BCUT2D eigenvalue weighted by molar-refractivity contribution is 8.54. The van der Waals surface area contributed by atoms with Crippen molar-refractivity contribution < 1.29 is 65.0 Å². The van der Waals surface area contributed by atoms with Crippen molar-refractivity contribution in [1.29, 1.82) is 0 Å². The molecule has 3 fully saturated rings. The van der Waals surface area contributed by atoms with Gasteiger partial charge in [-0.3, -0.25) is 37.0 Å². The number of esters is 1. The zero-order chi connectivity index (χ0) is 45.6. The summed E-state index contributed by atoms with van der Waals surface area (Å²) in [5.74, 6) is -0.806. The number of benzene rings is 3. The first-order chi connectivity index (χ1) is 31.1. The fourth-order valence-corrected chi connectivity index (χ4v) is 11.5. The number of carbonyl (C=O) groups excluding carboxylic acids is 1. The van der Waals surface area contributed by atoms with E-state index in [0.717, 1.165) is 28.0 Å². The van der Waals surface area contributed by atoms with E-state index in [1.54, 1.807) is 30.3 Å². The molecule has 0 spiro atoms. The lowest BCUT2D eigenvalue weighted by atomic mass is 10.1. The fourth-order valence-electron chi connectivity index (χ4n) is 7.23. The number of H-pyrrole nitrogens is 1. The molecule has 10 atom stereocenters. The number of nitrogen functional groups attached to an aromatic ring is 1. The van der Waals surface area contributed by atoms with Crippen LogP contribution in [-0.2, 0) is 42.5 Å². The second-order valence-corrected chi connectivity index (χ2v) is 20.1. The number of halogens is 2. The zero-order valence-electron chi connectivity index (χ0n) is 33.1. The normalized spacial score (nSPS) is 29.3. The molecule has 3 aromatic carbocycles. The van der Waals surface area contributed by atoms with Gasteiger partial charge in [0.05, 0.1) is 30.7 Å². The first-order valence-electron chi connectivity index (χ1n) is 19.4. The second kappa shape index (κ2) is 18.0. The van der Waals surface area contributed by atoms with Gasteiger partial charge in [-0.2, -0.15) is 0 Å². The van der Waals surface area contributed by atoms with Crippen LogP contribution in [0, 0.1) is 0 Å². The number of aromatic amines is 1. The minimum Gasteiger partial charge on any atom is -0.508 e. The van der Waals surface area contributed by atoms with E-state index in [0.29, 0.717) is 22.5 Å². The molecule has 3 aromatic heterocycles. The minimum atomic E-state index is -5.32. The molecule has 21 nitrogen and oxygen atoms in total. The van der Waals surface area contributed by atoms with E-state index < -0.39 is 94.3 Å². The van der Waals surface area contributed by atoms with Gasteiger partial charge < -0.3 is 29.9 Å². The first-order valence-corrected chi connectivity index (χ1v) is 24.0. The van der Waals surface area contributed by atoms with Crippen molar-refractivity contribution in [3.8, 4) is 22.6 Å². The Balaban J connectivity index is 1.04. The van der Waals surface area contributed by atoms with E-state index in [2.05, 4.69) is 19.9 Å². The number of nitrogens with zero attached hydrogens (tertiary/aromatic N) is 5. The van der Waals surface area contributed by atoms with Gasteiger partial charge >= 0.3 is 26.3 Å². The summed E-state index contributed by atoms with van der Waals surface area (Å²) in [6.45, 7) is -6.66. The average Bonchev–Trinajstić information content (AvgIpc) is 3.95. The lowest BCUT2D eigenvalue weighted by Crippen LogP contribution is -2.38. The smallest absolute Gasteiger partial charge is 0.472 e. The van der Waals surface area contributed by atoms with Gasteiger partial charge in [-0.25, -0.2) is 42.5 Å². The molecular formula is C39H35F2N7O14P2S. The number of hydrogen-bond acceptors (Lipinski definition) is 18. The van der Waals surface area contributed by atoms with E-state index in [9.17, 15) is 28.9 Å². The number of phenolic OH excluding ortho intramolecular Hbond substituents is 1. The van der Waals surface area contributed by atoms with Gasteiger partial charge in [0.25, 0.3) is 5.56 Å². The lowest BCUT2D eigenvalue weighted by Gasteiger charge is -2.28. The quantitative estimate of drug-likeness (QED) is 0.0889. The zero-order valence-corrected chi connectivity index (χ0v) is 35.7. The molecule has 5 N–H and O–H groups in total. The van der Waals surface area contributed by atoms with Crippen LogP contribution < -0.4 is 21.7 Å². The molecule has 3 aliphatic rings. The van der Waals surface area contributed by atoms with Gasteiger partial charge in [0.1, 0.15) is 47.8 Å². The lowest BCUT2D eigenvalue weighted by molar-refractivity contribution is -0.0634. The predicted octanol–water partition coefficient (Wildman–Crippen LogP) is 4.98. The van der Waals surface area contributed by atoms with Crippen LogP contribution in [0.15, 0.2) is 107 Å². The van der Waals surface area contributed by atoms with Gasteiger partial charge in [-0.05, 0) is 58.9 Å². The number of aromatic nitrogens is 6. The molecule has 26 heteroatoms. The summed E-state index contributed by atoms with van der Waals surface area (Å²) in [5.41, 5.74) is 5.17. The number of phenols is 1. The largest absolute Gasteiger partial charge is 0.508 e. The van der Waals surface area contributed by atoms with E-state index in [-0.39, 0.29) is 45.4 Å². The Hall–Kier alpha value is -5.65. The number of nitrogens with one attached hydrogen (secondary N) is 1. The molecule has 0 radical (unpaired) electrons. The van der Waals surface area contributed by atoms with Gasteiger partial charge in [0.2, 0.25) is 0 Å². The molecule has 6 aromatic rings. The number of alkyl halides is 2.